The minimum Gasteiger partial charge on any atom is -0.335 e. The molecule has 2 aromatic carbocycles. The van der Waals surface area contributed by atoms with Crippen LogP contribution in [0.5, 0.6) is 0 Å². The Balaban J connectivity index is 1.69. The van der Waals surface area contributed by atoms with Crippen molar-refractivity contribution in [3.63, 3.8) is 0 Å². The monoisotopic (exact) mass is 366 g/mol. The first-order valence-corrected chi connectivity index (χ1v) is 9.95. The van der Waals surface area contributed by atoms with Crippen LogP contribution in [0, 0.1) is 0 Å². The summed E-state index contributed by atoms with van der Waals surface area (Å²) in [7, 11) is -3.34. The summed E-state index contributed by atoms with van der Waals surface area (Å²) in [6.07, 6.45) is 0. The highest BCUT2D eigenvalue weighted by Crippen LogP contribution is 2.25. The summed E-state index contributed by atoms with van der Waals surface area (Å²) in [6.45, 7) is 0.264. The number of sulfone groups is 1. The van der Waals surface area contributed by atoms with Gasteiger partial charge >= 0.3 is 0 Å². The molecule has 1 unspecified atom stereocenters. The van der Waals surface area contributed by atoms with Gasteiger partial charge in [0.05, 0.1) is 16.7 Å². The highest BCUT2D eigenvalue weighted by Gasteiger charge is 2.30. The minimum absolute atomic E-state index is 0.264. The van der Waals surface area contributed by atoms with Crippen molar-refractivity contribution in [1.29, 1.82) is 0 Å². The Kier molecular flexibility index (Phi) is 4.94. The number of thioether (sulfide) groups is 1. The summed E-state index contributed by atoms with van der Waals surface area (Å²) in [6, 6.07) is 15.8. The zero-order valence-electron chi connectivity index (χ0n) is 12.1. The molecule has 0 spiro atoms. The first-order valence-electron chi connectivity index (χ1n) is 7.04. The maximum atomic E-state index is 12.6. The fourth-order valence-corrected chi connectivity index (χ4v) is 5.22. The Bertz CT molecular complexity index is 806. The molecule has 0 saturated carbocycles. The average molecular weight is 367 g/mol. The number of hydrogen-bond acceptors (Lipinski definition) is 5. The maximum absolute atomic E-state index is 12.6. The molecule has 0 aliphatic carbocycles. The SMILES string of the molecule is O=S(=O)(c1ccccc1)C1CN=C(Nc2ccc(Cl)cc2)SC1. The Morgan fingerprint density at radius 3 is 2.39 bits per heavy atom. The predicted molar refractivity (Wildman–Crippen MR) is 97.3 cm³/mol. The number of aliphatic imine (C=N–C) groups is 1. The standard InChI is InChI=1S/C16H15ClN2O2S2/c17-12-6-8-13(9-7-12)19-16-18-10-15(11-22-16)23(20,21)14-4-2-1-3-5-14/h1-9,15H,10-11H2,(H,18,19). The Hall–Kier alpha value is -1.50. The molecule has 1 aliphatic rings. The van der Waals surface area contributed by atoms with Gasteiger partial charge in [-0.05, 0) is 36.4 Å². The van der Waals surface area contributed by atoms with Crippen LogP contribution in [0.2, 0.25) is 5.02 Å². The second-order valence-electron chi connectivity index (χ2n) is 5.07. The van der Waals surface area contributed by atoms with Gasteiger partial charge in [-0.15, -0.1) is 0 Å². The fourth-order valence-electron chi connectivity index (χ4n) is 2.18. The first kappa shape index (κ1) is 16.4. The predicted octanol–water partition coefficient (Wildman–Crippen LogP) is 3.70. The molecule has 3 rings (SSSR count). The molecule has 2 aromatic rings. The van der Waals surface area contributed by atoms with E-state index in [1.807, 2.05) is 12.1 Å². The summed E-state index contributed by atoms with van der Waals surface area (Å²) in [5.74, 6) is 0.483. The molecule has 23 heavy (non-hydrogen) atoms. The highest BCUT2D eigenvalue weighted by molar-refractivity contribution is 8.14. The lowest BCUT2D eigenvalue weighted by Gasteiger charge is -2.21. The van der Waals surface area contributed by atoms with Crippen LogP contribution in [0.15, 0.2) is 64.5 Å². The van der Waals surface area contributed by atoms with Crippen molar-refractivity contribution in [3.05, 3.63) is 59.6 Å². The molecule has 0 saturated heterocycles. The molecule has 0 aromatic heterocycles. The van der Waals surface area contributed by atoms with E-state index in [0.29, 0.717) is 15.7 Å². The van der Waals surface area contributed by atoms with E-state index in [1.165, 1.54) is 11.8 Å². The van der Waals surface area contributed by atoms with Gasteiger partial charge < -0.3 is 5.32 Å². The summed E-state index contributed by atoms with van der Waals surface area (Å²) >= 11 is 7.27. The number of amidine groups is 1. The van der Waals surface area contributed by atoms with Crippen LogP contribution in [0.25, 0.3) is 0 Å². The van der Waals surface area contributed by atoms with E-state index in [-0.39, 0.29) is 6.54 Å². The van der Waals surface area contributed by atoms with Crippen LogP contribution < -0.4 is 5.32 Å². The van der Waals surface area contributed by atoms with Gasteiger partial charge in [0.15, 0.2) is 15.0 Å². The van der Waals surface area contributed by atoms with Crippen LogP contribution in [0.1, 0.15) is 0 Å². The van der Waals surface area contributed by atoms with E-state index in [4.69, 9.17) is 11.6 Å². The van der Waals surface area contributed by atoms with E-state index in [0.717, 1.165) is 10.9 Å². The van der Waals surface area contributed by atoms with E-state index in [9.17, 15) is 8.42 Å². The van der Waals surface area contributed by atoms with Crippen molar-refractivity contribution in [2.45, 2.75) is 10.1 Å². The third-order valence-corrected chi connectivity index (χ3v) is 7.11. The quantitative estimate of drug-likeness (QED) is 0.899. The molecule has 1 heterocycles. The lowest BCUT2D eigenvalue weighted by molar-refractivity contribution is 0.585. The highest BCUT2D eigenvalue weighted by atomic mass is 35.5. The van der Waals surface area contributed by atoms with Gasteiger partial charge in [-0.1, -0.05) is 41.6 Å². The molecule has 1 N–H and O–H groups in total. The van der Waals surface area contributed by atoms with Crippen molar-refractivity contribution in [2.24, 2.45) is 4.99 Å². The molecular formula is C16H15ClN2O2S2. The third-order valence-electron chi connectivity index (χ3n) is 3.45. The molecule has 4 nitrogen and oxygen atoms in total. The smallest absolute Gasteiger partial charge is 0.183 e. The second-order valence-corrected chi connectivity index (χ2v) is 8.74. The average Bonchev–Trinajstić information content (AvgIpc) is 2.58. The summed E-state index contributed by atoms with van der Waals surface area (Å²) in [4.78, 5) is 4.73. The molecule has 0 fully saturated rings. The number of halogens is 1. The molecule has 1 aliphatic heterocycles. The van der Waals surface area contributed by atoms with E-state index >= 15 is 0 Å². The van der Waals surface area contributed by atoms with Crippen molar-refractivity contribution < 1.29 is 8.42 Å². The number of rotatable bonds is 3. The van der Waals surface area contributed by atoms with E-state index in [2.05, 4.69) is 10.3 Å². The fraction of sp³-hybridized carbons (Fsp3) is 0.188. The molecular weight excluding hydrogens is 352 g/mol. The third kappa shape index (κ3) is 3.88. The number of nitrogens with zero attached hydrogens (tertiary/aromatic N) is 1. The van der Waals surface area contributed by atoms with Gasteiger partial charge in [-0.25, -0.2) is 8.42 Å². The maximum Gasteiger partial charge on any atom is 0.183 e. The summed E-state index contributed by atoms with van der Waals surface area (Å²) in [5.41, 5.74) is 0.880. The van der Waals surface area contributed by atoms with Crippen LogP contribution >= 0.6 is 23.4 Å². The van der Waals surface area contributed by atoms with Crippen molar-refractivity contribution in [3.8, 4) is 0 Å². The number of benzene rings is 2. The van der Waals surface area contributed by atoms with Gasteiger partial charge in [-0.2, -0.15) is 0 Å². The normalized spacial score (nSPS) is 18.3. The molecule has 0 radical (unpaired) electrons. The zero-order valence-corrected chi connectivity index (χ0v) is 14.5. The molecule has 7 heteroatoms. The zero-order chi connectivity index (χ0) is 16.3. The van der Waals surface area contributed by atoms with Gasteiger partial charge in [0.1, 0.15) is 0 Å². The Labute approximate surface area is 144 Å². The van der Waals surface area contributed by atoms with E-state index in [1.54, 1.807) is 42.5 Å². The van der Waals surface area contributed by atoms with Crippen LogP contribution in [-0.2, 0) is 9.84 Å². The van der Waals surface area contributed by atoms with Crippen LogP contribution in [-0.4, -0.2) is 31.1 Å². The van der Waals surface area contributed by atoms with Gasteiger partial charge in [0.2, 0.25) is 0 Å². The minimum atomic E-state index is -3.34. The lowest BCUT2D eigenvalue weighted by Crippen LogP contribution is -2.32. The van der Waals surface area contributed by atoms with Crippen molar-refractivity contribution in [2.75, 3.05) is 17.6 Å². The summed E-state index contributed by atoms with van der Waals surface area (Å²) < 4.78 is 25.1. The summed E-state index contributed by atoms with van der Waals surface area (Å²) in [5, 5.41) is 4.08. The van der Waals surface area contributed by atoms with Gasteiger partial charge in [0, 0.05) is 16.5 Å². The van der Waals surface area contributed by atoms with Gasteiger partial charge in [-0.3, -0.25) is 4.99 Å². The van der Waals surface area contributed by atoms with Crippen molar-refractivity contribution >= 4 is 44.1 Å². The van der Waals surface area contributed by atoms with Gasteiger partial charge in [0.25, 0.3) is 0 Å². The first-order chi connectivity index (χ1) is 11.1. The Morgan fingerprint density at radius 1 is 1.09 bits per heavy atom. The largest absolute Gasteiger partial charge is 0.335 e. The van der Waals surface area contributed by atoms with Crippen LogP contribution in [0.4, 0.5) is 5.69 Å². The topological polar surface area (TPSA) is 58.5 Å². The lowest BCUT2D eigenvalue weighted by atomic mass is 10.3. The molecule has 120 valence electrons. The van der Waals surface area contributed by atoms with Crippen LogP contribution in [0.3, 0.4) is 0 Å². The molecule has 1 atom stereocenters. The Morgan fingerprint density at radius 2 is 1.78 bits per heavy atom. The number of hydrogen-bond donors (Lipinski definition) is 1. The van der Waals surface area contributed by atoms with Crippen molar-refractivity contribution in [1.82, 2.24) is 0 Å². The molecule has 0 bridgehead atoms. The number of anilines is 1. The molecule has 0 amide bonds. The second kappa shape index (κ2) is 6.95. The van der Waals surface area contributed by atoms with E-state index < -0.39 is 15.1 Å². The number of nitrogens with one attached hydrogen (secondary N) is 1.